The van der Waals surface area contributed by atoms with Gasteiger partial charge in [0.1, 0.15) is 0 Å². The number of hydrogen-bond acceptors (Lipinski definition) is 2. The molecule has 0 radical (unpaired) electrons. The van der Waals surface area contributed by atoms with Crippen LogP contribution in [0.3, 0.4) is 0 Å². The fourth-order valence-corrected chi connectivity index (χ4v) is 2.13. The number of hydrogen-bond donors (Lipinski definition) is 2. The molecule has 0 aromatic heterocycles. The summed E-state index contributed by atoms with van der Waals surface area (Å²) in [5.41, 5.74) is 1.37. The Hall–Kier alpha value is -2.14. The molecule has 0 bridgehead atoms. The molecule has 2 rings (SSSR count). The van der Waals surface area contributed by atoms with Gasteiger partial charge >= 0.3 is 5.97 Å². The van der Waals surface area contributed by atoms with Crippen molar-refractivity contribution in [2.45, 2.75) is 6.54 Å². The van der Waals surface area contributed by atoms with E-state index in [1.165, 1.54) is 6.07 Å². The van der Waals surface area contributed by atoms with Gasteiger partial charge in [-0.1, -0.05) is 30.3 Å². The van der Waals surface area contributed by atoms with Crippen LogP contribution in [0, 0.1) is 0 Å². The summed E-state index contributed by atoms with van der Waals surface area (Å²) in [5, 5.41) is 11.8. The second-order valence-corrected chi connectivity index (χ2v) is 5.02. The van der Waals surface area contributed by atoms with E-state index in [-0.39, 0.29) is 11.5 Å². The van der Waals surface area contributed by atoms with Crippen LogP contribution in [0.2, 0.25) is 0 Å². The highest BCUT2D eigenvalue weighted by molar-refractivity contribution is 9.10. The molecule has 102 valence electrons. The molecule has 20 heavy (non-hydrogen) atoms. The maximum absolute atomic E-state index is 12.0. The molecule has 0 saturated carbocycles. The summed E-state index contributed by atoms with van der Waals surface area (Å²) in [6.45, 7) is 0.401. The van der Waals surface area contributed by atoms with E-state index < -0.39 is 5.97 Å². The first-order valence-corrected chi connectivity index (χ1v) is 6.72. The molecule has 2 aromatic rings. The SMILES string of the molecule is O=C(NCc1ccccc1)c1ccc(Br)c(C(=O)O)c1. The quantitative estimate of drug-likeness (QED) is 0.903. The maximum Gasteiger partial charge on any atom is 0.336 e. The van der Waals surface area contributed by atoms with E-state index in [0.717, 1.165) is 5.56 Å². The van der Waals surface area contributed by atoms with Gasteiger partial charge in [-0.3, -0.25) is 4.79 Å². The van der Waals surface area contributed by atoms with E-state index in [1.54, 1.807) is 12.1 Å². The Kier molecular flexibility index (Phi) is 4.53. The topological polar surface area (TPSA) is 66.4 Å². The minimum Gasteiger partial charge on any atom is -0.478 e. The van der Waals surface area contributed by atoms with Crippen LogP contribution in [-0.2, 0) is 6.54 Å². The predicted octanol–water partition coefficient (Wildman–Crippen LogP) is 3.08. The number of carboxylic acid groups (broad SMARTS) is 1. The third-order valence-corrected chi connectivity index (χ3v) is 3.45. The second-order valence-electron chi connectivity index (χ2n) is 4.17. The molecule has 0 aliphatic rings. The number of rotatable bonds is 4. The zero-order valence-corrected chi connectivity index (χ0v) is 12.1. The van der Waals surface area contributed by atoms with Gasteiger partial charge in [-0.2, -0.15) is 0 Å². The molecule has 0 aliphatic heterocycles. The Morgan fingerprint density at radius 3 is 2.45 bits per heavy atom. The lowest BCUT2D eigenvalue weighted by Gasteiger charge is -2.07. The number of carbonyl (C=O) groups is 2. The normalized spacial score (nSPS) is 10.1. The van der Waals surface area contributed by atoms with Crippen molar-refractivity contribution in [3.8, 4) is 0 Å². The van der Waals surface area contributed by atoms with Crippen molar-refractivity contribution >= 4 is 27.8 Å². The molecule has 1 amide bonds. The van der Waals surface area contributed by atoms with E-state index >= 15 is 0 Å². The van der Waals surface area contributed by atoms with Gasteiger partial charge in [-0.25, -0.2) is 4.79 Å². The van der Waals surface area contributed by atoms with Crippen LogP contribution >= 0.6 is 15.9 Å². The highest BCUT2D eigenvalue weighted by Crippen LogP contribution is 2.18. The van der Waals surface area contributed by atoms with Gasteiger partial charge in [0.2, 0.25) is 0 Å². The Morgan fingerprint density at radius 1 is 1.10 bits per heavy atom. The smallest absolute Gasteiger partial charge is 0.336 e. The molecule has 2 N–H and O–H groups in total. The van der Waals surface area contributed by atoms with Crippen LogP contribution in [-0.4, -0.2) is 17.0 Å². The van der Waals surface area contributed by atoms with E-state index in [0.29, 0.717) is 16.6 Å². The van der Waals surface area contributed by atoms with Crippen LogP contribution in [0.15, 0.2) is 53.0 Å². The summed E-state index contributed by atoms with van der Waals surface area (Å²) in [6, 6.07) is 14.0. The van der Waals surface area contributed by atoms with Gasteiger partial charge in [0.15, 0.2) is 0 Å². The lowest BCUT2D eigenvalue weighted by molar-refractivity contribution is 0.0696. The summed E-state index contributed by atoms with van der Waals surface area (Å²) < 4.78 is 0.449. The summed E-state index contributed by atoms with van der Waals surface area (Å²) in [4.78, 5) is 23.0. The van der Waals surface area contributed by atoms with Crippen molar-refractivity contribution in [2.24, 2.45) is 0 Å². The van der Waals surface area contributed by atoms with Crippen LogP contribution in [0.5, 0.6) is 0 Å². The summed E-state index contributed by atoms with van der Waals surface area (Å²) in [7, 11) is 0. The summed E-state index contributed by atoms with van der Waals surface area (Å²) >= 11 is 3.14. The number of carboxylic acids is 1. The molecule has 5 heteroatoms. The molecule has 2 aromatic carbocycles. The van der Waals surface area contributed by atoms with Gasteiger partial charge in [-0.05, 0) is 39.7 Å². The molecule has 0 fully saturated rings. The number of halogens is 1. The average molecular weight is 334 g/mol. The van der Waals surface area contributed by atoms with Crippen molar-refractivity contribution in [3.63, 3.8) is 0 Å². The summed E-state index contributed by atoms with van der Waals surface area (Å²) in [6.07, 6.45) is 0. The van der Waals surface area contributed by atoms with E-state index in [9.17, 15) is 9.59 Å². The first kappa shape index (κ1) is 14.3. The minimum atomic E-state index is -1.07. The predicted molar refractivity (Wildman–Crippen MR) is 78.7 cm³/mol. The van der Waals surface area contributed by atoms with Gasteiger partial charge in [-0.15, -0.1) is 0 Å². The number of aromatic carboxylic acids is 1. The fraction of sp³-hybridized carbons (Fsp3) is 0.0667. The lowest BCUT2D eigenvalue weighted by atomic mass is 10.1. The highest BCUT2D eigenvalue weighted by Gasteiger charge is 2.12. The Bertz CT molecular complexity index is 641. The Morgan fingerprint density at radius 2 is 1.80 bits per heavy atom. The van der Waals surface area contributed by atoms with E-state index in [4.69, 9.17) is 5.11 Å². The van der Waals surface area contributed by atoms with E-state index in [1.807, 2.05) is 30.3 Å². The zero-order valence-electron chi connectivity index (χ0n) is 10.5. The monoisotopic (exact) mass is 333 g/mol. The minimum absolute atomic E-state index is 0.0670. The molecule has 0 atom stereocenters. The summed E-state index contributed by atoms with van der Waals surface area (Å²) in [5.74, 6) is -1.38. The Balaban J connectivity index is 2.10. The highest BCUT2D eigenvalue weighted by atomic mass is 79.9. The molecule has 0 aliphatic carbocycles. The van der Waals surface area contributed by atoms with Gasteiger partial charge in [0.05, 0.1) is 5.56 Å². The molecule has 4 nitrogen and oxygen atoms in total. The molecular formula is C15H12BrNO3. The third kappa shape index (κ3) is 3.45. The van der Waals surface area contributed by atoms with Crippen LogP contribution in [0.4, 0.5) is 0 Å². The molecule has 0 heterocycles. The molecule has 0 saturated heterocycles. The number of nitrogens with one attached hydrogen (secondary N) is 1. The van der Waals surface area contributed by atoms with Crippen molar-refractivity contribution in [1.29, 1.82) is 0 Å². The van der Waals surface area contributed by atoms with Gasteiger partial charge < -0.3 is 10.4 Å². The number of carbonyl (C=O) groups excluding carboxylic acids is 1. The number of benzene rings is 2. The largest absolute Gasteiger partial charge is 0.478 e. The van der Waals surface area contributed by atoms with Gasteiger partial charge in [0.25, 0.3) is 5.91 Å². The first-order chi connectivity index (χ1) is 9.58. The van der Waals surface area contributed by atoms with Crippen molar-refractivity contribution < 1.29 is 14.7 Å². The standard InChI is InChI=1S/C15H12BrNO3/c16-13-7-6-11(8-12(13)15(19)20)14(18)17-9-10-4-2-1-3-5-10/h1-8H,9H2,(H,17,18)(H,19,20). The fourth-order valence-electron chi connectivity index (χ4n) is 1.71. The molecule has 0 unspecified atom stereocenters. The zero-order chi connectivity index (χ0) is 14.5. The Labute approximate surface area is 124 Å². The lowest BCUT2D eigenvalue weighted by Crippen LogP contribution is -2.23. The van der Waals surface area contributed by atoms with Crippen LogP contribution < -0.4 is 5.32 Å². The van der Waals surface area contributed by atoms with Crippen LogP contribution in [0.25, 0.3) is 0 Å². The molecule has 0 spiro atoms. The van der Waals surface area contributed by atoms with Crippen molar-refractivity contribution in [3.05, 3.63) is 69.7 Å². The van der Waals surface area contributed by atoms with Crippen molar-refractivity contribution in [1.82, 2.24) is 5.32 Å². The van der Waals surface area contributed by atoms with Crippen LogP contribution in [0.1, 0.15) is 26.3 Å². The number of amides is 1. The third-order valence-electron chi connectivity index (χ3n) is 2.75. The second kappa shape index (κ2) is 6.34. The molecular weight excluding hydrogens is 322 g/mol. The maximum atomic E-state index is 12.0. The average Bonchev–Trinajstić information content (AvgIpc) is 2.46. The van der Waals surface area contributed by atoms with Gasteiger partial charge in [0, 0.05) is 16.6 Å². The van der Waals surface area contributed by atoms with E-state index in [2.05, 4.69) is 21.2 Å². The van der Waals surface area contributed by atoms with Crippen molar-refractivity contribution in [2.75, 3.05) is 0 Å². The first-order valence-electron chi connectivity index (χ1n) is 5.93.